The Hall–Kier alpha value is -5.04. The predicted molar refractivity (Wildman–Crippen MR) is 193 cm³/mol. The predicted octanol–water partition coefficient (Wildman–Crippen LogP) is 10.4. The summed E-state index contributed by atoms with van der Waals surface area (Å²) in [6.07, 6.45) is 3.35. The molecule has 2 heterocycles. The van der Waals surface area contributed by atoms with E-state index in [-0.39, 0.29) is 11.7 Å². The summed E-state index contributed by atoms with van der Waals surface area (Å²) < 4.78 is 0. The molecule has 0 radical (unpaired) electrons. The lowest BCUT2D eigenvalue weighted by atomic mass is 9.98. The normalized spacial score (nSPS) is 11.4. The van der Waals surface area contributed by atoms with Crippen LogP contribution in [-0.4, -0.2) is 16.7 Å². The number of aromatic nitrogens is 1. The first kappa shape index (κ1) is 31.0. The number of benzene rings is 4. The minimum absolute atomic E-state index is 0.160. The van der Waals surface area contributed by atoms with Crippen molar-refractivity contribution in [3.63, 3.8) is 0 Å². The number of ketones is 1. The maximum atomic E-state index is 13.6. The first-order chi connectivity index (χ1) is 22.2. The Kier molecular flexibility index (Phi) is 8.84. The van der Waals surface area contributed by atoms with Crippen molar-refractivity contribution in [3.8, 4) is 22.4 Å². The second-order valence-corrected chi connectivity index (χ2v) is 12.9. The molecule has 6 rings (SSSR count). The summed E-state index contributed by atoms with van der Waals surface area (Å²) in [4.78, 5) is 32.6. The van der Waals surface area contributed by atoms with Gasteiger partial charge in [-0.2, -0.15) is 0 Å². The summed E-state index contributed by atoms with van der Waals surface area (Å²) in [5.41, 5.74) is 14.9. The molecule has 5 nitrogen and oxygen atoms in total. The minimum Gasteiger partial charge on any atom is -0.397 e. The van der Waals surface area contributed by atoms with E-state index >= 15 is 0 Å². The zero-order chi connectivity index (χ0) is 32.4. The minimum atomic E-state index is -0.367. The van der Waals surface area contributed by atoms with E-state index in [1.54, 1.807) is 36.4 Å². The van der Waals surface area contributed by atoms with Gasteiger partial charge in [0.2, 0.25) is 0 Å². The number of fused-ring (bicyclic) bond motifs is 1. The Morgan fingerprint density at radius 1 is 0.891 bits per heavy atom. The standard InChI is InChI=1S/C39H32ClN3O2S/c1-23(2)26-13-10-25(11-14-26)12-19-34(44)29-8-5-9-31(21-29)42-38(45)37-36(41)35-32(28-7-4-6-24(3)20-28)22-33(43-39(35)46-37)27-15-17-30(40)18-16-27/h4-23H,41H2,1-3H3,(H,42,45)/b19-12+. The molecule has 0 bridgehead atoms. The van der Waals surface area contributed by atoms with E-state index in [0.29, 0.717) is 37.6 Å². The monoisotopic (exact) mass is 641 g/mol. The van der Waals surface area contributed by atoms with Crippen molar-refractivity contribution in [2.75, 3.05) is 11.1 Å². The molecular weight excluding hydrogens is 610 g/mol. The highest BCUT2D eigenvalue weighted by molar-refractivity contribution is 7.21. The van der Waals surface area contributed by atoms with Gasteiger partial charge < -0.3 is 11.1 Å². The first-order valence-electron chi connectivity index (χ1n) is 15.0. The van der Waals surface area contributed by atoms with Gasteiger partial charge in [-0.3, -0.25) is 9.59 Å². The number of carbonyl (C=O) groups excluding carboxylic acids is 2. The Balaban J connectivity index is 1.30. The molecule has 0 aliphatic rings. The van der Waals surface area contributed by atoms with Crippen LogP contribution in [0.4, 0.5) is 11.4 Å². The molecular formula is C39H32ClN3O2S. The van der Waals surface area contributed by atoms with Crippen LogP contribution in [0.2, 0.25) is 5.02 Å². The van der Waals surface area contributed by atoms with E-state index in [2.05, 4.69) is 37.4 Å². The van der Waals surface area contributed by atoms with Crippen molar-refractivity contribution in [2.45, 2.75) is 26.7 Å². The van der Waals surface area contributed by atoms with E-state index in [1.807, 2.05) is 67.6 Å². The van der Waals surface area contributed by atoms with Gasteiger partial charge in [-0.25, -0.2) is 4.98 Å². The van der Waals surface area contributed by atoms with Crippen molar-refractivity contribution in [1.29, 1.82) is 0 Å². The molecule has 1 amide bonds. The first-order valence-corrected chi connectivity index (χ1v) is 16.2. The zero-order valence-electron chi connectivity index (χ0n) is 25.7. The third kappa shape index (κ3) is 6.64. The average molecular weight is 642 g/mol. The molecule has 0 fully saturated rings. The van der Waals surface area contributed by atoms with E-state index in [0.717, 1.165) is 38.9 Å². The number of nitrogen functional groups attached to an aromatic ring is 1. The molecule has 228 valence electrons. The Morgan fingerprint density at radius 2 is 1.63 bits per heavy atom. The second-order valence-electron chi connectivity index (χ2n) is 11.5. The van der Waals surface area contributed by atoms with Gasteiger partial charge in [0.25, 0.3) is 5.91 Å². The molecule has 7 heteroatoms. The number of hydrogen-bond acceptors (Lipinski definition) is 5. The second kappa shape index (κ2) is 13.1. The number of halogens is 1. The topological polar surface area (TPSA) is 85.1 Å². The highest BCUT2D eigenvalue weighted by Gasteiger charge is 2.22. The Morgan fingerprint density at radius 3 is 2.35 bits per heavy atom. The number of amides is 1. The van der Waals surface area contributed by atoms with E-state index < -0.39 is 0 Å². The molecule has 2 aromatic heterocycles. The quantitative estimate of drug-likeness (QED) is 0.128. The fraction of sp³-hybridized carbons (Fsp3) is 0.103. The smallest absolute Gasteiger partial charge is 0.267 e. The number of hydrogen-bond donors (Lipinski definition) is 2. The summed E-state index contributed by atoms with van der Waals surface area (Å²) in [5.74, 6) is -0.0833. The molecule has 0 aliphatic heterocycles. The van der Waals surface area contributed by atoms with E-state index in [9.17, 15) is 9.59 Å². The molecule has 0 saturated carbocycles. The van der Waals surface area contributed by atoms with Gasteiger partial charge in [0.15, 0.2) is 5.78 Å². The fourth-order valence-corrected chi connectivity index (χ4v) is 6.44. The van der Waals surface area contributed by atoms with E-state index in [1.165, 1.54) is 16.9 Å². The maximum absolute atomic E-state index is 13.6. The van der Waals surface area contributed by atoms with Crippen LogP contribution in [0.5, 0.6) is 0 Å². The molecule has 0 spiro atoms. The van der Waals surface area contributed by atoms with E-state index in [4.69, 9.17) is 22.3 Å². The number of anilines is 2. The number of carbonyl (C=O) groups is 2. The summed E-state index contributed by atoms with van der Waals surface area (Å²) in [7, 11) is 0. The summed E-state index contributed by atoms with van der Waals surface area (Å²) in [5, 5.41) is 4.31. The molecule has 0 atom stereocenters. The summed E-state index contributed by atoms with van der Waals surface area (Å²) in [6, 6.07) is 32.7. The van der Waals surface area contributed by atoms with Gasteiger partial charge in [-0.15, -0.1) is 11.3 Å². The lowest BCUT2D eigenvalue weighted by Crippen LogP contribution is -2.12. The SMILES string of the molecule is Cc1cccc(-c2cc(-c3ccc(Cl)cc3)nc3sc(C(=O)Nc4cccc(C(=O)/C=C/c5ccc(C(C)C)cc5)c4)c(N)c23)c1. The largest absolute Gasteiger partial charge is 0.397 e. The number of pyridine rings is 1. The van der Waals surface area contributed by atoms with Crippen LogP contribution in [0.1, 0.15) is 56.5 Å². The third-order valence-electron chi connectivity index (χ3n) is 7.81. The number of thiophene rings is 1. The highest BCUT2D eigenvalue weighted by Crippen LogP contribution is 2.42. The fourth-order valence-electron chi connectivity index (χ4n) is 5.30. The molecule has 0 aliphatic carbocycles. The van der Waals surface area contributed by atoms with Crippen LogP contribution >= 0.6 is 22.9 Å². The summed E-state index contributed by atoms with van der Waals surface area (Å²) in [6.45, 7) is 6.33. The van der Waals surface area contributed by atoms with Gasteiger partial charge >= 0.3 is 0 Å². The van der Waals surface area contributed by atoms with Gasteiger partial charge in [0, 0.05) is 27.2 Å². The molecule has 6 aromatic rings. The van der Waals surface area contributed by atoms with Crippen LogP contribution in [0.25, 0.3) is 38.7 Å². The average Bonchev–Trinajstić information content (AvgIpc) is 3.40. The summed E-state index contributed by atoms with van der Waals surface area (Å²) >= 11 is 7.39. The van der Waals surface area contributed by atoms with Gasteiger partial charge in [0.1, 0.15) is 9.71 Å². The van der Waals surface area contributed by atoms with Crippen molar-refractivity contribution >= 4 is 62.3 Å². The third-order valence-corrected chi connectivity index (χ3v) is 9.16. The Labute approximate surface area is 277 Å². The van der Waals surface area contributed by atoms with Crippen molar-refractivity contribution < 1.29 is 9.59 Å². The maximum Gasteiger partial charge on any atom is 0.267 e. The van der Waals surface area contributed by atoms with Crippen LogP contribution < -0.4 is 11.1 Å². The molecule has 46 heavy (non-hydrogen) atoms. The Bertz CT molecular complexity index is 2110. The molecule has 0 saturated heterocycles. The number of rotatable bonds is 8. The molecule has 3 N–H and O–H groups in total. The van der Waals surface area contributed by atoms with Gasteiger partial charge in [-0.1, -0.05) is 110 Å². The number of nitrogens with zero attached hydrogens (tertiary/aromatic N) is 1. The van der Waals surface area contributed by atoms with Gasteiger partial charge in [-0.05, 0) is 71.5 Å². The zero-order valence-corrected chi connectivity index (χ0v) is 27.2. The number of nitrogens with two attached hydrogens (primary N) is 1. The van der Waals surface area contributed by atoms with Crippen molar-refractivity contribution in [1.82, 2.24) is 4.98 Å². The van der Waals surface area contributed by atoms with Crippen LogP contribution in [0.15, 0.2) is 109 Å². The number of nitrogens with one attached hydrogen (secondary N) is 1. The van der Waals surface area contributed by atoms with Crippen LogP contribution in [0, 0.1) is 6.92 Å². The number of aryl methyl sites for hydroxylation is 1. The highest BCUT2D eigenvalue weighted by atomic mass is 35.5. The van der Waals surface area contributed by atoms with Crippen molar-refractivity contribution in [2.24, 2.45) is 0 Å². The van der Waals surface area contributed by atoms with Crippen LogP contribution in [-0.2, 0) is 0 Å². The number of allylic oxidation sites excluding steroid dienone is 1. The molecule has 0 unspecified atom stereocenters. The lowest BCUT2D eigenvalue weighted by Gasteiger charge is -2.10. The van der Waals surface area contributed by atoms with Gasteiger partial charge in [0.05, 0.1) is 11.4 Å². The molecule has 4 aromatic carbocycles. The van der Waals surface area contributed by atoms with Crippen LogP contribution in [0.3, 0.4) is 0 Å². The van der Waals surface area contributed by atoms with Crippen molar-refractivity contribution in [3.05, 3.63) is 141 Å². The lowest BCUT2D eigenvalue weighted by molar-refractivity contribution is 0.102.